The molecule has 1 N–H and O–H groups in total. The third-order valence-electron chi connectivity index (χ3n) is 4.66. The van der Waals surface area contributed by atoms with Crippen molar-refractivity contribution < 1.29 is 4.79 Å². The maximum absolute atomic E-state index is 12.3. The Kier molecular flexibility index (Phi) is 6.21. The van der Waals surface area contributed by atoms with Gasteiger partial charge in [-0.15, -0.1) is 0 Å². The molecule has 0 radical (unpaired) electrons. The van der Waals surface area contributed by atoms with Gasteiger partial charge >= 0.3 is 0 Å². The quantitative estimate of drug-likeness (QED) is 0.879. The maximum atomic E-state index is 12.3. The Morgan fingerprint density at radius 1 is 1.35 bits per heavy atom. The largest absolute Gasteiger partial charge is 0.352 e. The number of hydrogen-bond donors (Lipinski definition) is 1. The molecule has 1 unspecified atom stereocenters. The molecule has 1 saturated heterocycles. The van der Waals surface area contributed by atoms with Crippen molar-refractivity contribution in [1.29, 1.82) is 5.26 Å². The highest BCUT2D eigenvalue weighted by molar-refractivity contribution is 6.33. The number of benzene rings is 1. The van der Waals surface area contributed by atoms with Gasteiger partial charge in [-0.25, -0.2) is 0 Å². The summed E-state index contributed by atoms with van der Waals surface area (Å²) in [6.45, 7) is 3.51. The number of halogens is 1. The summed E-state index contributed by atoms with van der Waals surface area (Å²) in [4.78, 5) is 18.6. The van der Waals surface area contributed by atoms with Crippen LogP contribution in [0.5, 0.6) is 0 Å². The average Bonchev–Trinajstić information content (AvgIpc) is 2.67. The summed E-state index contributed by atoms with van der Waals surface area (Å²) in [7, 11) is 0. The Morgan fingerprint density at radius 2 is 2.15 bits per heavy atom. The minimum atomic E-state index is -0.151. The van der Waals surface area contributed by atoms with E-state index in [0.717, 1.165) is 32.5 Å². The van der Waals surface area contributed by atoms with Gasteiger partial charge in [0.15, 0.2) is 0 Å². The summed E-state index contributed by atoms with van der Waals surface area (Å²) in [6, 6.07) is 11.5. The topological polar surface area (TPSA) is 69.0 Å². The highest BCUT2D eigenvalue weighted by Crippen LogP contribution is 2.19. The van der Waals surface area contributed by atoms with Gasteiger partial charge in [0.2, 0.25) is 0 Å². The van der Waals surface area contributed by atoms with E-state index in [0.29, 0.717) is 28.6 Å². The van der Waals surface area contributed by atoms with Gasteiger partial charge in [0.25, 0.3) is 5.91 Å². The second-order valence-corrected chi connectivity index (χ2v) is 7.02. The number of hydrogen-bond acceptors (Lipinski definition) is 4. The number of piperidine rings is 1. The van der Waals surface area contributed by atoms with Crippen molar-refractivity contribution in [3.63, 3.8) is 0 Å². The van der Waals surface area contributed by atoms with Crippen molar-refractivity contribution in [2.45, 2.75) is 19.4 Å². The van der Waals surface area contributed by atoms with Crippen LogP contribution < -0.4 is 5.32 Å². The molecular formula is C20H21ClN4O. The van der Waals surface area contributed by atoms with E-state index in [4.69, 9.17) is 16.9 Å². The fraction of sp³-hybridized carbons (Fsp3) is 0.350. The first-order valence-electron chi connectivity index (χ1n) is 8.75. The molecule has 0 bridgehead atoms. The lowest BCUT2D eigenvalue weighted by Gasteiger charge is -2.32. The lowest BCUT2D eigenvalue weighted by Crippen LogP contribution is -2.40. The highest BCUT2D eigenvalue weighted by atomic mass is 35.5. The zero-order chi connectivity index (χ0) is 18.4. The molecule has 1 aromatic heterocycles. The predicted octanol–water partition coefficient (Wildman–Crippen LogP) is 3.25. The van der Waals surface area contributed by atoms with Crippen LogP contribution >= 0.6 is 11.6 Å². The number of nitrogens with zero attached hydrogens (tertiary/aromatic N) is 3. The van der Waals surface area contributed by atoms with E-state index in [9.17, 15) is 4.79 Å². The Bertz CT molecular complexity index is 800. The van der Waals surface area contributed by atoms with Crippen LogP contribution in [0.15, 0.2) is 42.7 Å². The van der Waals surface area contributed by atoms with Gasteiger partial charge < -0.3 is 5.32 Å². The van der Waals surface area contributed by atoms with E-state index in [2.05, 4.69) is 21.3 Å². The molecule has 134 valence electrons. The molecule has 26 heavy (non-hydrogen) atoms. The molecular weight excluding hydrogens is 348 g/mol. The number of nitrogens with one attached hydrogen (secondary N) is 1. The van der Waals surface area contributed by atoms with Crippen molar-refractivity contribution in [3.8, 4) is 6.07 Å². The molecule has 1 amide bonds. The summed E-state index contributed by atoms with van der Waals surface area (Å²) in [6.07, 6.45) is 5.28. The van der Waals surface area contributed by atoms with Gasteiger partial charge in [0.05, 0.1) is 22.2 Å². The van der Waals surface area contributed by atoms with E-state index in [1.807, 2.05) is 24.3 Å². The molecule has 3 rings (SSSR count). The van der Waals surface area contributed by atoms with Gasteiger partial charge in [-0.1, -0.05) is 23.7 Å². The van der Waals surface area contributed by atoms with Crippen molar-refractivity contribution >= 4 is 17.5 Å². The number of aromatic nitrogens is 1. The zero-order valence-corrected chi connectivity index (χ0v) is 15.2. The monoisotopic (exact) mass is 368 g/mol. The van der Waals surface area contributed by atoms with Crippen LogP contribution in [0, 0.1) is 17.2 Å². The van der Waals surface area contributed by atoms with Gasteiger partial charge in [-0.05, 0) is 49.1 Å². The fourth-order valence-electron chi connectivity index (χ4n) is 3.30. The summed E-state index contributed by atoms with van der Waals surface area (Å²) in [5.41, 5.74) is 2.35. The maximum Gasteiger partial charge on any atom is 0.252 e. The third kappa shape index (κ3) is 4.81. The van der Waals surface area contributed by atoms with E-state index in [1.54, 1.807) is 12.3 Å². The summed E-state index contributed by atoms with van der Waals surface area (Å²) in [5, 5.41) is 12.2. The molecule has 6 heteroatoms. The smallest absolute Gasteiger partial charge is 0.252 e. The van der Waals surface area contributed by atoms with Crippen LogP contribution in [-0.2, 0) is 6.54 Å². The lowest BCUT2D eigenvalue weighted by molar-refractivity contribution is 0.0930. The van der Waals surface area contributed by atoms with Gasteiger partial charge in [-0.2, -0.15) is 5.26 Å². The lowest BCUT2D eigenvalue weighted by atomic mass is 9.97. The van der Waals surface area contributed by atoms with Crippen LogP contribution in [0.1, 0.15) is 34.3 Å². The van der Waals surface area contributed by atoms with Crippen molar-refractivity contribution in [2.24, 2.45) is 5.92 Å². The molecule has 2 heterocycles. The number of likely N-dealkylation sites (tertiary alicyclic amines) is 1. The standard InChI is InChI=1S/C20H21ClN4O/c21-19-12-23-8-7-18(19)20(26)24-11-17-2-1-9-25(14-17)13-16-5-3-15(10-22)4-6-16/h3-8,12,17H,1-2,9,11,13-14H2,(H,24,26). The van der Waals surface area contributed by atoms with Gasteiger partial charge in [-0.3, -0.25) is 14.7 Å². The average molecular weight is 369 g/mol. The number of carbonyl (C=O) groups is 1. The third-order valence-corrected chi connectivity index (χ3v) is 4.96. The molecule has 2 aromatic rings. The van der Waals surface area contributed by atoms with Crippen LogP contribution in [0.2, 0.25) is 5.02 Å². The van der Waals surface area contributed by atoms with Crippen molar-refractivity contribution in [3.05, 3.63) is 64.4 Å². The summed E-state index contributed by atoms with van der Waals surface area (Å²) >= 11 is 6.02. The normalized spacial score (nSPS) is 17.5. The second-order valence-electron chi connectivity index (χ2n) is 6.62. The molecule has 0 saturated carbocycles. The van der Waals surface area contributed by atoms with E-state index in [1.165, 1.54) is 11.8 Å². The van der Waals surface area contributed by atoms with Crippen LogP contribution in [0.4, 0.5) is 0 Å². The number of nitriles is 1. The van der Waals surface area contributed by atoms with E-state index in [-0.39, 0.29) is 5.91 Å². The minimum absolute atomic E-state index is 0.151. The van der Waals surface area contributed by atoms with Gasteiger partial charge in [0, 0.05) is 32.0 Å². The minimum Gasteiger partial charge on any atom is -0.352 e. The fourth-order valence-corrected chi connectivity index (χ4v) is 3.50. The first-order chi connectivity index (χ1) is 12.7. The molecule has 1 aliphatic rings. The van der Waals surface area contributed by atoms with Crippen LogP contribution in [0.25, 0.3) is 0 Å². The Morgan fingerprint density at radius 3 is 2.88 bits per heavy atom. The van der Waals surface area contributed by atoms with Gasteiger partial charge in [0.1, 0.15) is 0 Å². The molecule has 1 aromatic carbocycles. The molecule has 5 nitrogen and oxygen atoms in total. The Balaban J connectivity index is 1.51. The van der Waals surface area contributed by atoms with Crippen molar-refractivity contribution in [1.82, 2.24) is 15.2 Å². The van der Waals surface area contributed by atoms with Crippen molar-refractivity contribution in [2.75, 3.05) is 19.6 Å². The Labute approximate surface area is 158 Å². The number of rotatable bonds is 5. The van der Waals surface area contributed by atoms with E-state index < -0.39 is 0 Å². The summed E-state index contributed by atoms with van der Waals surface area (Å²) in [5.74, 6) is 0.272. The second kappa shape index (κ2) is 8.79. The Hall–Kier alpha value is -2.42. The SMILES string of the molecule is N#Cc1ccc(CN2CCCC(CNC(=O)c3ccncc3Cl)C2)cc1. The summed E-state index contributed by atoms with van der Waals surface area (Å²) < 4.78 is 0. The molecule has 0 spiro atoms. The van der Waals surface area contributed by atoms with Crippen LogP contribution in [0.3, 0.4) is 0 Å². The number of carbonyl (C=O) groups excluding carboxylic acids is 1. The highest BCUT2D eigenvalue weighted by Gasteiger charge is 2.21. The van der Waals surface area contributed by atoms with Crippen LogP contribution in [-0.4, -0.2) is 35.4 Å². The molecule has 1 atom stereocenters. The molecule has 0 aliphatic carbocycles. The molecule has 1 aliphatic heterocycles. The number of pyridine rings is 1. The van der Waals surface area contributed by atoms with E-state index >= 15 is 0 Å². The number of amides is 1. The zero-order valence-electron chi connectivity index (χ0n) is 14.5. The predicted molar refractivity (Wildman–Crippen MR) is 101 cm³/mol. The molecule has 1 fully saturated rings. The first-order valence-corrected chi connectivity index (χ1v) is 9.12. The first kappa shape index (κ1) is 18.4.